The smallest absolute Gasteiger partial charge is 0.0830 e. The van der Waals surface area contributed by atoms with Gasteiger partial charge in [-0.15, -0.1) is 0 Å². The van der Waals surface area contributed by atoms with Crippen molar-refractivity contribution in [2.24, 2.45) is 5.92 Å². The maximum Gasteiger partial charge on any atom is 0.0830 e. The zero-order valence-corrected chi connectivity index (χ0v) is 10.7. The molecule has 2 saturated carbocycles. The van der Waals surface area contributed by atoms with Crippen molar-refractivity contribution in [2.75, 3.05) is 26.3 Å². The van der Waals surface area contributed by atoms with E-state index in [9.17, 15) is 5.11 Å². The highest BCUT2D eigenvalue weighted by Gasteiger charge is 2.49. The van der Waals surface area contributed by atoms with E-state index in [1.54, 1.807) is 0 Å². The molecule has 1 N–H and O–H groups in total. The Labute approximate surface area is 104 Å². The summed E-state index contributed by atoms with van der Waals surface area (Å²) in [7, 11) is 0. The summed E-state index contributed by atoms with van der Waals surface area (Å²) in [5.74, 6) is 0.567. The molecule has 0 amide bonds. The number of morpholine rings is 1. The number of nitrogens with zero attached hydrogens (tertiary/aromatic N) is 1. The van der Waals surface area contributed by atoms with E-state index in [1.165, 1.54) is 38.5 Å². The van der Waals surface area contributed by atoms with Crippen LogP contribution in [-0.4, -0.2) is 48.0 Å². The van der Waals surface area contributed by atoms with E-state index in [0.717, 1.165) is 32.7 Å². The quantitative estimate of drug-likeness (QED) is 0.757. The average Bonchev–Trinajstić information content (AvgIpc) is 2.38. The standard InChI is InChI=1S/C14H25NO2/c16-14-7-2-1-4-12(14)5-3-6-13(14)15-8-10-17-11-9-15/h12-13,16H,1-11H2/t12-,13+,14-/m1/s1. The van der Waals surface area contributed by atoms with Gasteiger partial charge < -0.3 is 9.84 Å². The van der Waals surface area contributed by atoms with Gasteiger partial charge in [-0.3, -0.25) is 4.90 Å². The molecule has 3 fully saturated rings. The molecule has 1 aliphatic heterocycles. The number of hydrogen-bond acceptors (Lipinski definition) is 3. The molecule has 0 radical (unpaired) electrons. The Morgan fingerprint density at radius 1 is 1.00 bits per heavy atom. The molecule has 0 spiro atoms. The van der Waals surface area contributed by atoms with Crippen LogP contribution in [0.2, 0.25) is 0 Å². The maximum atomic E-state index is 11.1. The topological polar surface area (TPSA) is 32.7 Å². The molecule has 2 aliphatic carbocycles. The van der Waals surface area contributed by atoms with Crippen molar-refractivity contribution in [3.63, 3.8) is 0 Å². The first-order chi connectivity index (χ1) is 8.31. The van der Waals surface area contributed by atoms with E-state index >= 15 is 0 Å². The van der Waals surface area contributed by atoms with Gasteiger partial charge in [-0.1, -0.05) is 19.3 Å². The van der Waals surface area contributed by atoms with Gasteiger partial charge in [0, 0.05) is 19.1 Å². The molecule has 3 aliphatic rings. The Balaban J connectivity index is 1.76. The summed E-state index contributed by atoms with van der Waals surface area (Å²) in [5, 5.41) is 11.1. The van der Waals surface area contributed by atoms with Crippen LogP contribution in [0.4, 0.5) is 0 Å². The predicted molar refractivity (Wildman–Crippen MR) is 66.9 cm³/mol. The minimum absolute atomic E-state index is 0.381. The first-order valence-electron chi connectivity index (χ1n) is 7.35. The zero-order valence-electron chi connectivity index (χ0n) is 10.7. The summed E-state index contributed by atoms with van der Waals surface area (Å²) >= 11 is 0. The molecule has 0 aromatic rings. The second-order valence-electron chi connectivity index (χ2n) is 6.03. The minimum Gasteiger partial charge on any atom is -0.388 e. The molecular weight excluding hydrogens is 214 g/mol. The number of fused-ring (bicyclic) bond motifs is 1. The lowest BCUT2D eigenvalue weighted by Gasteiger charge is -2.53. The lowest BCUT2D eigenvalue weighted by Crippen LogP contribution is -2.61. The fourth-order valence-corrected chi connectivity index (χ4v) is 4.28. The molecule has 3 atom stereocenters. The van der Waals surface area contributed by atoms with Crippen molar-refractivity contribution in [1.82, 2.24) is 4.90 Å². The van der Waals surface area contributed by atoms with E-state index in [0.29, 0.717) is 12.0 Å². The van der Waals surface area contributed by atoms with E-state index in [1.807, 2.05) is 0 Å². The van der Waals surface area contributed by atoms with Crippen molar-refractivity contribution in [3.8, 4) is 0 Å². The number of rotatable bonds is 1. The molecule has 1 saturated heterocycles. The minimum atomic E-state index is -0.381. The van der Waals surface area contributed by atoms with Crippen molar-refractivity contribution in [3.05, 3.63) is 0 Å². The molecule has 3 heteroatoms. The maximum absolute atomic E-state index is 11.1. The Morgan fingerprint density at radius 2 is 1.76 bits per heavy atom. The lowest BCUT2D eigenvalue weighted by atomic mass is 9.64. The van der Waals surface area contributed by atoms with Gasteiger partial charge in [-0.05, 0) is 31.6 Å². The summed E-state index contributed by atoms with van der Waals surface area (Å²) in [6.07, 6.45) is 8.55. The summed E-state index contributed by atoms with van der Waals surface area (Å²) in [5.41, 5.74) is -0.381. The van der Waals surface area contributed by atoms with Crippen LogP contribution in [0.3, 0.4) is 0 Å². The fraction of sp³-hybridized carbons (Fsp3) is 1.00. The highest BCUT2D eigenvalue weighted by molar-refractivity contribution is 5.03. The first-order valence-corrected chi connectivity index (χ1v) is 7.35. The summed E-state index contributed by atoms with van der Waals surface area (Å²) in [6, 6.07) is 0.408. The van der Waals surface area contributed by atoms with Gasteiger partial charge in [0.15, 0.2) is 0 Å². The van der Waals surface area contributed by atoms with Crippen LogP contribution in [0.15, 0.2) is 0 Å². The molecule has 0 unspecified atom stereocenters. The molecule has 98 valence electrons. The number of hydrogen-bond donors (Lipinski definition) is 1. The molecule has 1 heterocycles. The third kappa shape index (κ3) is 2.13. The highest BCUT2D eigenvalue weighted by Crippen LogP contribution is 2.45. The van der Waals surface area contributed by atoms with Crippen molar-refractivity contribution in [1.29, 1.82) is 0 Å². The summed E-state index contributed by atoms with van der Waals surface area (Å²) in [4.78, 5) is 2.50. The van der Waals surface area contributed by atoms with Gasteiger partial charge in [0.1, 0.15) is 0 Å². The monoisotopic (exact) mass is 239 g/mol. The third-order valence-corrected chi connectivity index (χ3v) is 5.18. The van der Waals surface area contributed by atoms with E-state index in [2.05, 4.69) is 4.90 Å². The highest BCUT2D eigenvalue weighted by atomic mass is 16.5. The predicted octanol–water partition coefficient (Wildman–Crippen LogP) is 1.79. The molecule has 0 aromatic heterocycles. The van der Waals surface area contributed by atoms with Crippen molar-refractivity contribution in [2.45, 2.75) is 56.6 Å². The van der Waals surface area contributed by atoms with Crippen LogP contribution < -0.4 is 0 Å². The van der Waals surface area contributed by atoms with Gasteiger partial charge in [0.2, 0.25) is 0 Å². The normalized spacial score (nSPS) is 44.3. The number of ether oxygens (including phenoxy) is 1. The Bertz CT molecular complexity index is 263. The SMILES string of the molecule is O[C@]12CCCC[C@@H]1CCC[C@@H]2N1CCOCC1. The summed E-state index contributed by atoms with van der Waals surface area (Å²) < 4.78 is 5.44. The Kier molecular flexibility index (Phi) is 3.42. The lowest BCUT2D eigenvalue weighted by molar-refractivity contribution is -0.145. The zero-order chi connectivity index (χ0) is 11.7. The van der Waals surface area contributed by atoms with E-state index < -0.39 is 0 Å². The summed E-state index contributed by atoms with van der Waals surface area (Å²) in [6.45, 7) is 3.72. The van der Waals surface area contributed by atoms with Gasteiger partial charge in [0.05, 0.1) is 18.8 Å². The molecular formula is C14H25NO2. The molecule has 17 heavy (non-hydrogen) atoms. The van der Waals surface area contributed by atoms with Crippen LogP contribution in [0.1, 0.15) is 44.9 Å². The van der Waals surface area contributed by atoms with Gasteiger partial charge in [0.25, 0.3) is 0 Å². The molecule has 3 nitrogen and oxygen atoms in total. The average molecular weight is 239 g/mol. The van der Waals surface area contributed by atoms with Crippen LogP contribution in [-0.2, 0) is 4.74 Å². The van der Waals surface area contributed by atoms with Gasteiger partial charge in [-0.2, -0.15) is 0 Å². The van der Waals surface area contributed by atoms with Crippen LogP contribution >= 0.6 is 0 Å². The van der Waals surface area contributed by atoms with Crippen LogP contribution in [0.5, 0.6) is 0 Å². The second-order valence-corrected chi connectivity index (χ2v) is 6.03. The van der Waals surface area contributed by atoms with Gasteiger partial charge in [-0.25, -0.2) is 0 Å². The molecule has 0 bridgehead atoms. The van der Waals surface area contributed by atoms with Crippen molar-refractivity contribution >= 4 is 0 Å². The fourth-order valence-electron chi connectivity index (χ4n) is 4.28. The Morgan fingerprint density at radius 3 is 2.59 bits per heavy atom. The van der Waals surface area contributed by atoms with Crippen LogP contribution in [0.25, 0.3) is 0 Å². The van der Waals surface area contributed by atoms with Crippen LogP contribution in [0, 0.1) is 5.92 Å². The van der Waals surface area contributed by atoms with Crippen molar-refractivity contribution < 1.29 is 9.84 Å². The molecule has 3 rings (SSSR count). The molecule has 0 aromatic carbocycles. The largest absolute Gasteiger partial charge is 0.388 e. The second kappa shape index (κ2) is 4.87. The van der Waals surface area contributed by atoms with E-state index in [-0.39, 0.29) is 5.60 Å². The van der Waals surface area contributed by atoms with E-state index in [4.69, 9.17) is 4.74 Å². The third-order valence-electron chi connectivity index (χ3n) is 5.18. The number of aliphatic hydroxyl groups is 1. The Hall–Kier alpha value is -0.120. The first kappa shape index (κ1) is 11.9. The van der Waals surface area contributed by atoms with Gasteiger partial charge >= 0.3 is 0 Å².